The van der Waals surface area contributed by atoms with Crippen LogP contribution in [-0.4, -0.2) is 47.2 Å². The Balaban J connectivity index is 0.000000440. The predicted molar refractivity (Wildman–Crippen MR) is 324 cm³/mol. The second-order valence-electron chi connectivity index (χ2n) is 21.5. The fraction of sp³-hybridized carbons (Fsp3) is 0.162. The van der Waals surface area contributed by atoms with Crippen LogP contribution in [0.3, 0.4) is 0 Å². The Morgan fingerprint density at radius 2 is 0.620 bits per heavy atom. The number of hydrogen-bond acceptors (Lipinski definition) is 4. The minimum absolute atomic E-state index is 0. The van der Waals surface area contributed by atoms with E-state index in [4.69, 9.17) is 0 Å². The fourth-order valence-corrected chi connectivity index (χ4v) is 12.1. The molecule has 0 atom stereocenters. The molecular formula is C74H70HfN2O2-2. The molecule has 2 N–H and O–H groups in total. The summed E-state index contributed by atoms with van der Waals surface area (Å²) in [5, 5.41) is 25.1. The molecule has 5 heteroatoms. The Hall–Kier alpha value is -7.67. The molecule has 0 unspecified atom stereocenters. The van der Waals surface area contributed by atoms with Crippen LogP contribution < -0.4 is 0 Å². The molecule has 10 aromatic carbocycles. The minimum atomic E-state index is -0.681. The normalized spacial score (nSPS) is 12.9. The summed E-state index contributed by atoms with van der Waals surface area (Å²) in [6.07, 6.45) is 0. The summed E-state index contributed by atoms with van der Waals surface area (Å²) in [6, 6.07) is 80.9. The third kappa shape index (κ3) is 10.9. The van der Waals surface area contributed by atoms with Crippen LogP contribution in [0.1, 0.15) is 89.0 Å². The van der Waals surface area contributed by atoms with Gasteiger partial charge >= 0.3 is 0 Å². The quantitative estimate of drug-likeness (QED) is 0.100. The Kier molecular flexibility index (Phi) is 17.1. The maximum Gasteiger partial charge on any atom is 0.124 e. The molecule has 0 heterocycles. The number of rotatable bonds is 11. The third-order valence-corrected chi connectivity index (χ3v) is 15.8. The second kappa shape index (κ2) is 24.1. The van der Waals surface area contributed by atoms with E-state index in [0.29, 0.717) is 24.6 Å². The summed E-state index contributed by atoms with van der Waals surface area (Å²) in [5.41, 5.74) is 20.9. The molecular weight excluding hydrogens is 1130 g/mol. The van der Waals surface area contributed by atoms with E-state index in [1.165, 1.54) is 55.6 Å². The van der Waals surface area contributed by atoms with E-state index < -0.39 is 10.8 Å². The van der Waals surface area contributed by atoms with Crippen LogP contribution in [0.25, 0.3) is 22.3 Å². The Labute approximate surface area is 488 Å². The molecule has 394 valence electrons. The molecule has 0 aliphatic heterocycles. The van der Waals surface area contributed by atoms with Crippen LogP contribution in [0, 0.1) is 41.5 Å². The molecule has 2 aliphatic carbocycles. The number of benzene rings is 10. The first-order chi connectivity index (χ1) is 37.8. The molecule has 0 aromatic heterocycles. The molecule has 2 aliphatic rings. The SMILES string of the molecule is Cc1ccc(C2(c3cc(C)cc(CN(C)CCN(C)Cc4cc(C)cc(C5(c6ccc(C)cc6)c6ccccc6-c6ccccc65)c4O)c3O)c3ccccc3-c3ccccc32)cc1.[CH2-]c1ccccc1.[CH2-]c1ccccc1.[Hf]. The van der Waals surface area contributed by atoms with Crippen molar-refractivity contribution >= 4 is 0 Å². The Bertz CT molecular complexity index is 3360. The molecule has 0 fully saturated rings. The number of aromatic hydroxyl groups is 2. The second-order valence-corrected chi connectivity index (χ2v) is 21.5. The maximum atomic E-state index is 12.6. The van der Waals surface area contributed by atoms with Crippen LogP contribution in [0.2, 0.25) is 0 Å². The van der Waals surface area contributed by atoms with Crippen LogP contribution in [-0.2, 0) is 49.8 Å². The van der Waals surface area contributed by atoms with Gasteiger partial charge in [0.1, 0.15) is 11.5 Å². The van der Waals surface area contributed by atoms with Crippen LogP contribution >= 0.6 is 0 Å². The van der Waals surface area contributed by atoms with Gasteiger partial charge in [-0.3, -0.25) is 0 Å². The van der Waals surface area contributed by atoms with E-state index in [1.807, 2.05) is 60.7 Å². The van der Waals surface area contributed by atoms with Crippen LogP contribution in [0.15, 0.2) is 231 Å². The van der Waals surface area contributed by atoms with Gasteiger partial charge in [0, 0.05) is 74.3 Å². The van der Waals surface area contributed by atoms with Crippen molar-refractivity contribution in [1.29, 1.82) is 0 Å². The fourth-order valence-electron chi connectivity index (χ4n) is 12.1. The smallest absolute Gasteiger partial charge is 0.124 e. The first-order valence-electron chi connectivity index (χ1n) is 27.1. The standard InChI is InChI=1S/C60H56N2O2.2C7H7.Hf/c1-39-23-27-45(28-24-39)59(51-19-11-7-15-47(51)48-16-8-12-20-52(48)59)55-35-41(3)33-43(57(55)63)37-61(5)31-32-62(6)38-44-34-42(4)36-56(58(44)64)60(46-29-25-40(2)26-30-46)53-21-13-9-17-49(53)50-18-10-14-22-54(50)60;2*1-7-5-3-2-4-6-7;/h7-30,33-36,63-64H,31-32,37-38H2,1-6H3;2*2-6H,1H2;/q;2*-1;. The van der Waals surface area contributed by atoms with Crippen molar-refractivity contribution in [2.75, 3.05) is 27.2 Å². The first kappa shape index (κ1) is 56.1. The Morgan fingerprint density at radius 1 is 0.342 bits per heavy atom. The van der Waals surface area contributed by atoms with Crippen molar-refractivity contribution in [3.8, 4) is 33.8 Å². The van der Waals surface area contributed by atoms with Crippen LogP contribution in [0.4, 0.5) is 0 Å². The van der Waals surface area contributed by atoms with Gasteiger partial charge in [0.2, 0.25) is 0 Å². The van der Waals surface area contributed by atoms with Crippen molar-refractivity contribution in [2.24, 2.45) is 0 Å². The number of phenolic OH excluding ortho intramolecular Hbond substituents is 2. The third-order valence-electron chi connectivity index (χ3n) is 15.8. The van der Waals surface area contributed by atoms with Gasteiger partial charge in [-0.15, -0.1) is 24.3 Å². The number of nitrogens with zero attached hydrogens (tertiary/aromatic N) is 2. The van der Waals surface area contributed by atoms with Gasteiger partial charge in [-0.2, -0.15) is 49.2 Å². The van der Waals surface area contributed by atoms with E-state index in [1.54, 1.807) is 0 Å². The molecule has 0 saturated carbocycles. The minimum Gasteiger partial charge on any atom is -0.507 e. The van der Waals surface area contributed by atoms with E-state index in [0.717, 1.165) is 68.7 Å². The van der Waals surface area contributed by atoms with Crippen molar-refractivity contribution < 1.29 is 36.1 Å². The van der Waals surface area contributed by atoms with E-state index in [9.17, 15) is 10.2 Å². The molecule has 12 rings (SSSR count). The van der Waals surface area contributed by atoms with Gasteiger partial charge in [0.15, 0.2) is 0 Å². The molecule has 79 heavy (non-hydrogen) atoms. The molecule has 0 amide bonds. The van der Waals surface area contributed by atoms with Gasteiger partial charge in [0.05, 0.1) is 10.8 Å². The van der Waals surface area contributed by atoms with Gasteiger partial charge in [-0.05, 0) is 97.4 Å². The zero-order valence-electron chi connectivity index (χ0n) is 46.5. The number of aryl methyl sites for hydroxylation is 4. The zero-order chi connectivity index (χ0) is 54.6. The van der Waals surface area contributed by atoms with Gasteiger partial charge in [0.25, 0.3) is 0 Å². The monoisotopic (exact) mass is 1200 g/mol. The van der Waals surface area contributed by atoms with Crippen molar-refractivity contribution in [3.05, 3.63) is 333 Å². The van der Waals surface area contributed by atoms with Crippen molar-refractivity contribution in [2.45, 2.75) is 51.6 Å². The topological polar surface area (TPSA) is 46.9 Å². The average Bonchev–Trinajstić information content (AvgIpc) is 4.18. The average molecular weight is 1200 g/mol. The first-order valence-corrected chi connectivity index (χ1v) is 27.1. The van der Waals surface area contributed by atoms with Crippen molar-refractivity contribution in [3.63, 3.8) is 0 Å². The van der Waals surface area contributed by atoms with Gasteiger partial charge in [-0.25, -0.2) is 0 Å². The number of phenols is 2. The molecule has 0 radical (unpaired) electrons. The summed E-state index contributed by atoms with van der Waals surface area (Å²) in [5.74, 6) is 0.681. The summed E-state index contributed by atoms with van der Waals surface area (Å²) < 4.78 is 0. The van der Waals surface area contributed by atoms with Gasteiger partial charge < -0.3 is 20.0 Å². The largest absolute Gasteiger partial charge is 0.507 e. The molecule has 4 nitrogen and oxygen atoms in total. The zero-order valence-corrected chi connectivity index (χ0v) is 50.1. The van der Waals surface area contributed by atoms with E-state index in [-0.39, 0.29) is 25.8 Å². The summed E-state index contributed by atoms with van der Waals surface area (Å²) >= 11 is 0. The summed E-state index contributed by atoms with van der Waals surface area (Å²) in [4.78, 5) is 4.59. The van der Waals surface area contributed by atoms with Crippen LogP contribution in [0.5, 0.6) is 11.5 Å². The molecule has 10 aromatic rings. The summed E-state index contributed by atoms with van der Waals surface area (Å²) in [7, 11) is 4.27. The van der Waals surface area contributed by atoms with Crippen molar-refractivity contribution in [1.82, 2.24) is 9.80 Å². The number of fused-ring (bicyclic) bond motifs is 6. The predicted octanol–water partition coefficient (Wildman–Crippen LogP) is 16.4. The van der Waals surface area contributed by atoms with E-state index in [2.05, 4.69) is 235 Å². The number of hydrogen-bond donors (Lipinski definition) is 2. The Morgan fingerprint density at radius 3 is 0.899 bits per heavy atom. The maximum absolute atomic E-state index is 12.6. The number of likely N-dealkylation sites (N-methyl/N-ethyl adjacent to an activating group) is 2. The summed E-state index contributed by atoms with van der Waals surface area (Å²) in [6.45, 7) is 18.7. The molecule has 0 spiro atoms. The van der Waals surface area contributed by atoms with E-state index >= 15 is 0 Å². The molecule has 0 bridgehead atoms. The molecule has 0 saturated heterocycles. The van der Waals surface area contributed by atoms with Gasteiger partial charge in [-0.1, -0.05) is 204 Å².